The van der Waals surface area contributed by atoms with E-state index in [1.54, 1.807) is 0 Å². The summed E-state index contributed by atoms with van der Waals surface area (Å²) in [4.78, 5) is 0. The minimum atomic E-state index is 0.473. The van der Waals surface area contributed by atoms with Crippen LogP contribution in [0.5, 0.6) is 11.5 Å². The lowest BCUT2D eigenvalue weighted by atomic mass is 10.0. The largest absolute Gasteiger partial charge is 0.490 e. The Morgan fingerprint density at radius 1 is 0.722 bits per heavy atom. The summed E-state index contributed by atoms with van der Waals surface area (Å²) in [6.07, 6.45) is 0. The SMILES string of the molecule is Nc1cc2ccc1-c1ccc(cc1N)OCCO2. The summed E-state index contributed by atoms with van der Waals surface area (Å²) in [5.41, 5.74) is 15.2. The predicted octanol–water partition coefficient (Wildman–Crippen LogP) is 2.29. The summed E-state index contributed by atoms with van der Waals surface area (Å²) in [5.74, 6) is 1.49. The van der Waals surface area contributed by atoms with E-state index in [0.29, 0.717) is 24.6 Å². The van der Waals surface area contributed by atoms with Gasteiger partial charge in [0.15, 0.2) is 0 Å². The highest BCUT2D eigenvalue weighted by Gasteiger charge is 2.10. The zero-order chi connectivity index (χ0) is 12.5. The van der Waals surface area contributed by atoms with E-state index in [-0.39, 0.29) is 0 Å². The van der Waals surface area contributed by atoms with Gasteiger partial charge in [-0.15, -0.1) is 0 Å². The van der Waals surface area contributed by atoms with Crippen LogP contribution in [0.3, 0.4) is 0 Å². The van der Waals surface area contributed by atoms with Crippen molar-refractivity contribution >= 4 is 11.4 Å². The van der Waals surface area contributed by atoms with Crippen molar-refractivity contribution in [3.8, 4) is 22.6 Å². The molecule has 92 valence electrons. The molecule has 4 heteroatoms. The van der Waals surface area contributed by atoms with Crippen LogP contribution in [0, 0.1) is 0 Å². The van der Waals surface area contributed by atoms with Gasteiger partial charge in [0.2, 0.25) is 0 Å². The summed E-state index contributed by atoms with van der Waals surface area (Å²) in [6, 6.07) is 11.3. The molecule has 0 amide bonds. The van der Waals surface area contributed by atoms with Gasteiger partial charge in [0.05, 0.1) is 0 Å². The Labute approximate surface area is 105 Å². The molecule has 4 nitrogen and oxygen atoms in total. The van der Waals surface area contributed by atoms with E-state index in [0.717, 1.165) is 22.6 Å². The molecule has 4 N–H and O–H groups in total. The van der Waals surface area contributed by atoms with Crippen LogP contribution in [0.25, 0.3) is 11.1 Å². The summed E-state index contributed by atoms with van der Waals surface area (Å²) in [5, 5.41) is 0. The zero-order valence-corrected chi connectivity index (χ0v) is 9.85. The van der Waals surface area contributed by atoms with Gasteiger partial charge in [-0.1, -0.05) is 0 Å². The number of nitrogen functional groups attached to an aromatic ring is 2. The van der Waals surface area contributed by atoms with Crippen LogP contribution in [-0.2, 0) is 0 Å². The van der Waals surface area contributed by atoms with Gasteiger partial charge < -0.3 is 20.9 Å². The lowest BCUT2D eigenvalue weighted by Gasteiger charge is -2.15. The fraction of sp³-hybridized carbons (Fsp3) is 0.143. The Bertz CT molecular complexity index is 543. The van der Waals surface area contributed by atoms with Gasteiger partial charge in [-0.2, -0.15) is 0 Å². The second kappa shape index (κ2) is 4.14. The van der Waals surface area contributed by atoms with Crippen molar-refractivity contribution in [1.82, 2.24) is 0 Å². The number of nitrogens with two attached hydrogens (primary N) is 2. The second-order valence-electron chi connectivity index (χ2n) is 4.20. The van der Waals surface area contributed by atoms with E-state index in [2.05, 4.69) is 0 Å². The molecule has 18 heavy (non-hydrogen) atoms. The molecule has 0 fully saturated rings. The predicted molar refractivity (Wildman–Crippen MR) is 71.7 cm³/mol. The minimum absolute atomic E-state index is 0.473. The number of anilines is 2. The Balaban J connectivity index is 2.21. The van der Waals surface area contributed by atoms with E-state index >= 15 is 0 Å². The van der Waals surface area contributed by atoms with Crippen molar-refractivity contribution in [2.45, 2.75) is 0 Å². The molecule has 0 saturated carbocycles. The van der Waals surface area contributed by atoms with E-state index in [1.807, 2.05) is 36.4 Å². The van der Waals surface area contributed by atoms with Crippen LogP contribution >= 0.6 is 0 Å². The van der Waals surface area contributed by atoms with E-state index in [1.165, 1.54) is 0 Å². The Morgan fingerprint density at radius 3 is 1.56 bits per heavy atom. The maximum Gasteiger partial charge on any atom is 0.122 e. The van der Waals surface area contributed by atoms with Gasteiger partial charge in [-0.3, -0.25) is 0 Å². The number of hydrogen-bond acceptors (Lipinski definition) is 4. The summed E-state index contributed by atoms with van der Waals surface area (Å²) in [6.45, 7) is 0.945. The number of ether oxygens (including phenoxy) is 2. The molecule has 0 aromatic heterocycles. The van der Waals surface area contributed by atoms with Crippen LogP contribution in [0.4, 0.5) is 11.4 Å². The quantitative estimate of drug-likeness (QED) is 0.695. The highest BCUT2D eigenvalue weighted by atomic mass is 16.5. The molecule has 4 aliphatic rings. The fourth-order valence-electron chi connectivity index (χ4n) is 2.07. The van der Waals surface area contributed by atoms with Gasteiger partial charge >= 0.3 is 0 Å². The zero-order valence-electron chi connectivity index (χ0n) is 9.85. The third-order valence-corrected chi connectivity index (χ3v) is 2.96. The molecule has 4 aliphatic heterocycles. The maximum atomic E-state index is 6.04. The molecule has 0 atom stereocenters. The first kappa shape index (κ1) is 10.8. The number of rotatable bonds is 0. The summed E-state index contributed by atoms with van der Waals surface area (Å²) < 4.78 is 11.1. The van der Waals surface area contributed by atoms with Crippen LogP contribution in [-0.4, -0.2) is 13.2 Å². The Morgan fingerprint density at radius 2 is 1.17 bits per heavy atom. The highest BCUT2D eigenvalue weighted by molar-refractivity contribution is 5.85. The van der Waals surface area contributed by atoms with Crippen molar-refractivity contribution in [2.24, 2.45) is 0 Å². The van der Waals surface area contributed by atoms with Crippen LogP contribution < -0.4 is 20.9 Å². The molecule has 0 unspecified atom stereocenters. The van der Waals surface area contributed by atoms with Crippen molar-refractivity contribution in [1.29, 1.82) is 0 Å². The molecule has 4 heterocycles. The first-order valence-corrected chi connectivity index (χ1v) is 5.79. The molecule has 2 aromatic carbocycles. The molecular weight excluding hydrogens is 228 g/mol. The average molecular weight is 242 g/mol. The van der Waals surface area contributed by atoms with Crippen LogP contribution in [0.1, 0.15) is 0 Å². The average Bonchev–Trinajstić information content (AvgIpc) is 2.34. The van der Waals surface area contributed by atoms with Crippen molar-refractivity contribution in [3.63, 3.8) is 0 Å². The molecule has 0 radical (unpaired) electrons. The highest BCUT2D eigenvalue weighted by Crippen LogP contribution is 2.35. The first-order chi connectivity index (χ1) is 8.74. The van der Waals surface area contributed by atoms with E-state index in [9.17, 15) is 0 Å². The molecule has 2 aromatic rings. The van der Waals surface area contributed by atoms with E-state index in [4.69, 9.17) is 20.9 Å². The number of hydrogen-bond donors (Lipinski definition) is 2. The van der Waals surface area contributed by atoms with Crippen molar-refractivity contribution in [2.75, 3.05) is 24.7 Å². The van der Waals surface area contributed by atoms with Gasteiger partial charge in [0.25, 0.3) is 0 Å². The fourth-order valence-corrected chi connectivity index (χ4v) is 2.07. The van der Waals surface area contributed by atoms with Gasteiger partial charge in [-0.25, -0.2) is 0 Å². The van der Waals surface area contributed by atoms with E-state index < -0.39 is 0 Å². The van der Waals surface area contributed by atoms with Crippen LogP contribution in [0.15, 0.2) is 36.4 Å². The molecule has 0 aliphatic carbocycles. The molecule has 0 saturated heterocycles. The molecular formula is C14H14N2O2. The monoisotopic (exact) mass is 242 g/mol. The van der Waals surface area contributed by atoms with Gasteiger partial charge in [-0.05, 0) is 24.3 Å². The minimum Gasteiger partial charge on any atom is -0.490 e. The second-order valence-corrected chi connectivity index (χ2v) is 4.20. The lowest BCUT2D eigenvalue weighted by molar-refractivity contribution is 0.217. The maximum absolute atomic E-state index is 6.04. The number of benzene rings is 2. The van der Waals surface area contributed by atoms with Gasteiger partial charge in [0, 0.05) is 34.6 Å². The Hall–Kier alpha value is -2.36. The standard InChI is InChI=1S/C14H14N2O2/c15-13-7-9-1-3-11(13)12-4-2-10(8-14(12)16)18-6-5-17-9/h1-4,7-8H,5-6,15-16H2. The smallest absolute Gasteiger partial charge is 0.122 e. The molecule has 4 bridgehead atoms. The first-order valence-electron chi connectivity index (χ1n) is 5.79. The third kappa shape index (κ3) is 1.82. The lowest BCUT2D eigenvalue weighted by Crippen LogP contribution is -2.10. The van der Waals surface area contributed by atoms with Crippen LogP contribution in [0.2, 0.25) is 0 Å². The third-order valence-electron chi connectivity index (χ3n) is 2.96. The molecule has 6 rings (SSSR count). The summed E-state index contributed by atoms with van der Waals surface area (Å²) >= 11 is 0. The van der Waals surface area contributed by atoms with Crippen molar-refractivity contribution in [3.05, 3.63) is 36.4 Å². The normalized spacial score (nSPS) is 13.3. The van der Waals surface area contributed by atoms with Gasteiger partial charge in [0.1, 0.15) is 24.7 Å². The Kier molecular flexibility index (Phi) is 2.48. The van der Waals surface area contributed by atoms with Crippen molar-refractivity contribution < 1.29 is 9.47 Å². The topological polar surface area (TPSA) is 70.5 Å². The summed E-state index contributed by atoms with van der Waals surface area (Å²) in [7, 11) is 0. The molecule has 0 spiro atoms.